The van der Waals surface area contributed by atoms with Crippen molar-refractivity contribution in [2.45, 2.75) is 59.4 Å². The molecule has 0 saturated heterocycles. The Kier molecular flexibility index (Phi) is 3.52. The molecule has 0 atom stereocenters. The number of aromatic nitrogens is 1. The van der Waals surface area contributed by atoms with Crippen LogP contribution in [0.25, 0.3) is 0 Å². The van der Waals surface area contributed by atoms with Crippen LogP contribution < -0.4 is 0 Å². The van der Waals surface area contributed by atoms with Crippen molar-refractivity contribution in [3.05, 3.63) is 23.0 Å². The molecule has 2 aliphatic carbocycles. The number of methoxy groups -OCH3 is 1. The van der Waals surface area contributed by atoms with E-state index in [1.807, 2.05) is 0 Å². The Morgan fingerprint density at radius 2 is 2.00 bits per heavy atom. The topological polar surface area (TPSA) is 31.2 Å². The Morgan fingerprint density at radius 1 is 1.29 bits per heavy atom. The summed E-state index contributed by atoms with van der Waals surface area (Å²) in [6, 6.07) is 2.11. The lowest BCUT2D eigenvalue weighted by atomic mass is 9.76. The Morgan fingerprint density at radius 3 is 2.62 bits per heavy atom. The Bertz CT molecular complexity index is 564. The number of hydrogen-bond acceptors (Lipinski definition) is 2. The second-order valence-electron chi connectivity index (χ2n) is 7.92. The van der Waals surface area contributed by atoms with Crippen LogP contribution in [0.5, 0.6) is 0 Å². The Balaban J connectivity index is 1.89. The highest BCUT2D eigenvalue weighted by Crippen LogP contribution is 2.51. The van der Waals surface area contributed by atoms with Crippen LogP contribution in [-0.2, 0) is 17.7 Å². The molecule has 0 amide bonds. The molecule has 1 saturated carbocycles. The van der Waals surface area contributed by atoms with Crippen LogP contribution in [0.4, 0.5) is 0 Å². The molecule has 3 rings (SSSR count). The molecule has 0 spiro atoms. The molecule has 1 aromatic rings. The maximum absolute atomic E-state index is 12.4. The number of carbonyl (C=O) groups excluding carboxylic acids is 1. The smallest absolute Gasteiger partial charge is 0.165 e. The molecule has 116 valence electrons. The summed E-state index contributed by atoms with van der Waals surface area (Å²) in [6.07, 6.45) is 5.41. The average Bonchev–Trinajstić information content (AvgIpc) is 3.09. The standard InChI is InChI=1S/C18H27NO2/c1-13-9-14-15(10-17(2,3)11-16(14)20)19(13)12-18(5-6-18)7-8-21-4/h9H,5-8,10-12H2,1-4H3. The Hall–Kier alpha value is -1.09. The van der Waals surface area contributed by atoms with Crippen molar-refractivity contribution in [1.82, 2.24) is 4.57 Å². The fourth-order valence-corrected chi connectivity index (χ4v) is 3.74. The number of hydrogen-bond donors (Lipinski definition) is 0. The summed E-state index contributed by atoms with van der Waals surface area (Å²) in [7, 11) is 1.78. The molecule has 0 N–H and O–H groups in total. The summed E-state index contributed by atoms with van der Waals surface area (Å²) in [5.74, 6) is 0.324. The lowest BCUT2D eigenvalue weighted by molar-refractivity contribution is 0.0908. The molecule has 2 aliphatic rings. The van der Waals surface area contributed by atoms with Crippen LogP contribution in [0.15, 0.2) is 6.07 Å². The molecule has 3 nitrogen and oxygen atoms in total. The van der Waals surface area contributed by atoms with E-state index in [0.29, 0.717) is 17.6 Å². The van der Waals surface area contributed by atoms with Crippen LogP contribution in [0.1, 0.15) is 61.3 Å². The largest absolute Gasteiger partial charge is 0.385 e. The number of ether oxygens (including phenoxy) is 1. The van der Waals surface area contributed by atoms with Crippen LogP contribution in [0.2, 0.25) is 0 Å². The number of ketones is 1. The highest BCUT2D eigenvalue weighted by Gasteiger charge is 2.44. The predicted octanol–water partition coefficient (Wildman–Crippen LogP) is 3.77. The number of carbonyl (C=O) groups is 1. The molecular weight excluding hydrogens is 262 g/mol. The van der Waals surface area contributed by atoms with Gasteiger partial charge in [-0.25, -0.2) is 0 Å². The van der Waals surface area contributed by atoms with Gasteiger partial charge in [0.05, 0.1) is 0 Å². The monoisotopic (exact) mass is 289 g/mol. The number of aryl methyl sites for hydroxylation is 1. The summed E-state index contributed by atoms with van der Waals surface area (Å²) in [5.41, 5.74) is 4.01. The fraction of sp³-hybridized carbons (Fsp3) is 0.722. The van der Waals surface area contributed by atoms with E-state index in [1.165, 1.54) is 24.2 Å². The van der Waals surface area contributed by atoms with E-state index in [9.17, 15) is 4.79 Å². The van der Waals surface area contributed by atoms with E-state index < -0.39 is 0 Å². The zero-order valence-electron chi connectivity index (χ0n) is 13.8. The molecule has 1 heterocycles. The lowest BCUT2D eigenvalue weighted by Crippen LogP contribution is -2.29. The van der Waals surface area contributed by atoms with Gasteiger partial charge in [-0.15, -0.1) is 0 Å². The third-order valence-electron chi connectivity index (χ3n) is 5.29. The normalized spacial score (nSPS) is 22.2. The molecule has 0 bridgehead atoms. The van der Waals surface area contributed by atoms with E-state index >= 15 is 0 Å². The summed E-state index contributed by atoms with van der Waals surface area (Å²) >= 11 is 0. The number of fused-ring (bicyclic) bond motifs is 1. The predicted molar refractivity (Wildman–Crippen MR) is 83.8 cm³/mol. The van der Waals surface area contributed by atoms with Crippen molar-refractivity contribution in [2.24, 2.45) is 10.8 Å². The minimum Gasteiger partial charge on any atom is -0.385 e. The summed E-state index contributed by atoms with van der Waals surface area (Å²) in [6.45, 7) is 8.45. The van der Waals surface area contributed by atoms with E-state index in [1.54, 1.807) is 7.11 Å². The third-order valence-corrected chi connectivity index (χ3v) is 5.29. The van der Waals surface area contributed by atoms with Crippen LogP contribution in [0, 0.1) is 17.8 Å². The first-order chi connectivity index (χ1) is 9.86. The van der Waals surface area contributed by atoms with Gasteiger partial charge in [-0.2, -0.15) is 0 Å². The summed E-state index contributed by atoms with van der Waals surface area (Å²) in [4.78, 5) is 12.4. The van der Waals surface area contributed by atoms with Crippen molar-refractivity contribution < 1.29 is 9.53 Å². The van der Waals surface area contributed by atoms with E-state index in [2.05, 4.69) is 31.4 Å². The fourth-order valence-electron chi connectivity index (χ4n) is 3.74. The van der Waals surface area contributed by atoms with Gasteiger partial charge in [0.1, 0.15) is 0 Å². The van der Waals surface area contributed by atoms with Crippen molar-refractivity contribution in [3.63, 3.8) is 0 Å². The SMILES string of the molecule is COCCC1(Cn2c(C)cc3c2CC(C)(C)CC3=O)CC1. The number of Topliss-reactive ketones (excluding diaryl/α,β-unsaturated/α-hetero) is 1. The maximum Gasteiger partial charge on any atom is 0.165 e. The van der Waals surface area contributed by atoms with Gasteiger partial charge >= 0.3 is 0 Å². The summed E-state index contributed by atoms with van der Waals surface area (Å²) < 4.78 is 7.69. The van der Waals surface area contributed by atoms with Gasteiger partial charge in [0.25, 0.3) is 0 Å². The van der Waals surface area contributed by atoms with Crippen molar-refractivity contribution >= 4 is 5.78 Å². The molecule has 0 aromatic carbocycles. The van der Waals surface area contributed by atoms with Gasteiger partial charge in [0, 0.05) is 43.6 Å². The number of nitrogens with zero attached hydrogens (tertiary/aromatic N) is 1. The van der Waals surface area contributed by atoms with Gasteiger partial charge in [-0.05, 0) is 49.5 Å². The molecule has 0 aliphatic heterocycles. The van der Waals surface area contributed by atoms with Gasteiger partial charge in [-0.3, -0.25) is 4.79 Å². The molecular formula is C18H27NO2. The van der Waals surface area contributed by atoms with Gasteiger partial charge in [0.2, 0.25) is 0 Å². The third kappa shape index (κ3) is 2.80. The summed E-state index contributed by atoms with van der Waals surface area (Å²) in [5, 5.41) is 0. The van der Waals surface area contributed by atoms with Gasteiger partial charge in [-0.1, -0.05) is 13.8 Å². The first kappa shape index (κ1) is 14.8. The molecule has 3 heteroatoms. The van der Waals surface area contributed by atoms with E-state index in [0.717, 1.165) is 31.6 Å². The quantitative estimate of drug-likeness (QED) is 0.826. The zero-order valence-corrected chi connectivity index (χ0v) is 13.8. The van der Waals surface area contributed by atoms with Crippen LogP contribution >= 0.6 is 0 Å². The van der Waals surface area contributed by atoms with Crippen molar-refractivity contribution in [2.75, 3.05) is 13.7 Å². The van der Waals surface area contributed by atoms with Gasteiger partial charge in [0.15, 0.2) is 5.78 Å². The molecule has 1 aromatic heterocycles. The van der Waals surface area contributed by atoms with E-state index in [-0.39, 0.29) is 5.41 Å². The second-order valence-corrected chi connectivity index (χ2v) is 7.92. The lowest BCUT2D eigenvalue weighted by Gasteiger charge is -2.30. The average molecular weight is 289 g/mol. The van der Waals surface area contributed by atoms with Gasteiger partial charge < -0.3 is 9.30 Å². The van der Waals surface area contributed by atoms with Crippen molar-refractivity contribution in [1.29, 1.82) is 0 Å². The zero-order chi connectivity index (χ0) is 15.3. The first-order valence-corrected chi connectivity index (χ1v) is 8.07. The highest BCUT2D eigenvalue weighted by molar-refractivity contribution is 5.99. The maximum atomic E-state index is 12.4. The first-order valence-electron chi connectivity index (χ1n) is 8.07. The molecule has 0 radical (unpaired) electrons. The second kappa shape index (κ2) is 4.98. The Labute approximate surface area is 127 Å². The molecule has 0 unspecified atom stereocenters. The highest BCUT2D eigenvalue weighted by atomic mass is 16.5. The van der Waals surface area contributed by atoms with Crippen molar-refractivity contribution in [3.8, 4) is 0 Å². The van der Waals surface area contributed by atoms with Crippen LogP contribution in [-0.4, -0.2) is 24.1 Å². The molecule has 21 heavy (non-hydrogen) atoms. The van der Waals surface area contributed by atoms with Crippen LogP contribution in [0.3, 0.4) is 0 Å². The number of rotatable bonds is 5. The minimum absolute atomic E-state index is 0.0931. The molecule has 1 fully saturated rings. The van der Waals surface area contributed by atoms with E-state index in [4.69, 9.17) is 4.74 Å². The minimum atomic E-state index is 0.0931.